The molecular formula is C7H9IO3. The molecule has 1 saturated heterocycles. The molecule has 0 bridgehead atoms. The lowest BCUT2D eigenvalue weighted by atomic mass is 10.0. The second-order valence-corrected chi connectivity index (χ2v) is 4.74. The molecule has 11 heavy (non-hydrogen) atoms. The lowest BCUT2D eigenvalue weighted by Gasteiger charge is -2.10. The molecule has 0 spiro atoms. The predicted molar refractivity (Wildman–Crippen MR) is 46.4 cm³/mol. The van der Waals surface area contributed by atoms with Gasteiger partial charge in [-0.05, 0) is 6.42 Å². The number of carbonyl (C=O) groups excluding carboxylic acids is 1. The van der Waals surface area contributed by atoms with Crippen LogP contribution in [0.2, 0.25) is 0 Å². The molecule has 1 heterocycles. The second-order valence-electron chi connectivity index (χ2n) is 3.14. The van der Waals surface area contributed by atoms with E-state index in [-0.39, 0.29) is 24.1 Å². The smallest absolute Gasteiger partial charge is 0.306 e. The Labute approximate surface area is 78.2 Å². The Morgan fingerprint density at radius 3 is 3.00 bits per heavy atom. The number of fused-ring (bicyclic) bond motifs is 1. The summed E-state index contributed by atoms with van der Waals surface area (Å²) in [5, 5.41) is 9.45. The second kappa shape index (κ2) is 2.58. The van der Waals surface area contributed by atoms with Crippen LogP contribution in [-0.2, 0) is 9.53 Å². The van der Waals surface area contributed by atoms with Crippen molar-refractivity contribution in [2.45, 2.75) is 29.0 Å². The van der Waals surface area contributed by atoms with E-state index >= 15 is 0 Å². The van der Waals surface area contributed by atoms with E-state index in [1.165, 1.54) is 0 Å². The van der Waals surface area contributed by atoms with Crippen molar-refractivity contribution in [2.24, 2.45) is 5.92 Å². The van der Waals surface area contributed by atoms with E-state index in [4.69, 9.17) is 4.74 Å². The van der Waals surface area contributed by atoms with Crippen LogP contribution in [0, 0.1) is 5.92 Å². The summed E-state index contributed by atoms with van der Waals surface area (Å²) in [7, 11) is 0. The number of carbonyl (C=O) groups is 1. The number of hydrogen-bond acceptors (Lipinski definition) is 3. The van der Waals surface area contributed by atoms with Gasteiger partial charge in [0.2, 0.25) is 0 Å². The first-order chi connectivity index (χ1) is 5.18. The lowest BCUT2D eigenvalue weighted by Crippen LogP contribution is -2.20. The summed E-state index contributed by atoms with van der Waals surface area (Å²) in [5.74, 6) is -0.0789. The summed E-state index contributed by atoms with van der Waals surface area (Å²) in [5.41, 5.74) is 0. The Morgan fingerprint density at radius 2 is 2.36 bits per heavy atom. The first-order valence-electron chi connectivity index (χ1n) is 3.70. The topological polar surface area (TPSA) is 46.5 Å². The van der Waals surface area contributed by atoms with E-state index in [1.807, 2.05) is 0 Å². The van der Waals surface area contributed by atoms with E-state index in [0.29, 0.717) is 10.3 Å². The minimum Gasteiger partial charge on any atom is -0.461 e. The van der Waals surface area contributed by atoms with Gasteiger partial charge in [0.25, 0.3) is 0 Å². The number of esters is 1. The molecule has 1 saturated carbocycles. The maximum Gasteiger partial charge on any atom is 0.306 e. The summed E-state index contributed by atoms with van der Waals surface area (Å²) in [6.07, 6.45) is 0.834. The highest BCUT2D eigenvalue weighted by Gasteiger charge is 2.49. The van der Waals surface area contributed by atoms with Crippen molar-refractivity contribution in [1.82, 2.24) is 0 Å². The molecule has 0 radical (unpaired) electrons. The van der Waals surface area contributed by atoms with Gasteiger partial charge >= 0.3 is 5.97 Å². The van der Waals surface area contributed by atoms with E-state index in [1.54, 1.807) is 0 Å². The number of rotatable bonds is 0. The van der Waals surface area contributed by atoms with Gasteiger partial charge in [-0.1, -0.05) is 22.6 Å². The van der Waals surface area contributed by atoms with Crippen molar-refractivity contribution < 1.29 is 14.6 Å². The standard InChI is InChI=1S/C7H9IO3/c8-4-2-5(9)3-1-6(10)11-7(3)4/h3-5,7,9H,1-2H2/t3-,4-,5-,7-/m0/s1. The van der Waals surface area contributed by atoms with Crippen molar-refractivity contribution in [1.29, 1.82) is 0 Å². The summed E-state index contributed by atoms with van der Waals surface area (Å²) < 4.78 is 5.37. The number of aliphatic hydroxyl groups excluding tert-OH is 1. The quantitative estimate of drug-likeness (QED) is 0.395. The zero-order valence-electron chi connectivity index (χ0n) is 5.87. The molecule has 0 aromatic heterocycles. The molecule has 0 aromatic carbocycles. The Morgan fingerprint density at radius 1 is 1.64 bits per heavy atom. The van der Waals surface area contributed by atoms with Gasteiger partial charge in [-0.2, -0.15) is 0 Å². The van der Waals surface area contributed by atoms with Crippen LogP contribution in [0.1, 0.15) is 12.8 Å². The van der Waals surface area contributed by atoms with E-state index in [2.05, 4.69) is 22.6 Å². The van der Waals surface area contributed by atoms with E-state index < -0.39 is 0 Å². The number of ether oxygens (including phenoxy) is 1. The summed E-state index contributed by atoms with van der Waals surface area (Å²) >= 11 is 2.24. The molecule has 62 valence electrons. The Hall–Kier alpha value is 0.160. The third-order valence-electron chi connectivity index (χ3n) is 2.41. The molecule has 1 aliphatic carbocycles. The molecule has 2 rings (SSSR count). The van der Waals surface area contributed by atoms with Crippen molar-refractivity contribution in [3.8, 4) is 0 Å². The number of hydrogen-bond donors (Lipinski definition) is 1. The zero-order chi connectivity index (χ0) is 8.01. The van der Waals surface area contributed by atoms with Crippen molar-refractivity contribution in [3.63, 3.8) is 0 Å². The summed E-state index contributed by atoms with van der Waals surface area (Å²) in [6.45, 7) is 0. The van der Waals surface area contributed by atoms with Gasteiger partial charge in [-0.3, -0.25) is 4.79 Å². The van der Waals surface area contributed by atoms with Crippen LogP contribution < -0.4 is 0 Å². The molecule has 1 aliphatic heterocycles. The van der Waals surface area contributed by atoms with Crippen LogP contribution in [0.4, 0.5) is 0 Å². The van der Waals surface area contributed by atoms with Crippen molar-refractivity contribution in [2.75, 3.05) is 0 Å². The molecule has 0 unspecified atom stereocenters. The Balaban J connectivity index is 2.16. The van der Waals surface area contributed by atoms with Crippen LogP contribution in [0.25, 0.3) is 0 Å². The molecule has 3 nitrogen and oxygen atoms in total. The summed E-state index contributed by atoms with van der Waals surface area (Å²) in [4.78, 5) is 10.8. The maximum atomic E-state index is 10.8. The molecule has 4 atom stereocenters. The largest absolute Gasteiger partial charge is 0.461 e. The Bertz CT molecular complexity index is 176. The first kappa shape index (κ1) is 7.79. The summed E-state index contributed by atoms with van der Waals surface area (Å²) in [6, 6.07) is 0. The minimum absolute atomic E-state index is 0.0156. The van der Waals surface area contributed by atoms with Gasteiger partial charge in [0, 0.05) is 5.92 Å². The monoisotopic (exact) mass is 268 g/mol. The normalized spacial score (nSPS) is 49.1. The number of halogens is 1. The molecule has 1 N–H and O–H groups in total. The van der Waals surface area contributed by atoms with Crippen LogP contribution in [-0.4, -0.2) is 27.2 Å². The van der Waals surface area contributed by atoms with Crippen LogP contribution in [0.3, 0.4) is 0 Å². The van der Waals surface area contributed by atoms with Gasteiger partial charge in [0.1, 0.15) is 6.10 Å². The lowest BCUT2D eigenvalue weighted by molar-refractivity contribution is -0.141. The molecule has 2 aliphatic rings. The van der Waals surface area contributed by atoms with Crippen molar-refractivity contribution >= 4 is 28.6 Å². The van der Waals surface area contributed by atoms with Gasteiger partial charge in [0.15, 0.2) is 0 Å². The fraction of sp³-hybridized carbons (Fsp3) is 0.857. The fourth-order valence-electron chi connectivity index (χ4n) is 1.83. The van der Waals surface area contributed by atoms with Crippen LogP contribution >= 0.6 is 22.6 Å². The van der Waals surface area contributed by atoms with Gasteiger partial charge in [-0.15, -0.1) is 0 Å². The Kier molecular flexibility index (Phi) is 1.83. The molecular weight excluding hydrogens is 259 g/mol. The predicted octanol–water partition coefficient (Wildman–Crippen LogP) is 0.486. The SMILES string of the molecule is O=C1C[C@@H]2[C@H](O1)[C@@H](I)C[C@@H]2O. The number of aliphatic hydroxyl groups is 1. The molecule has 0 aromatic rings. The third-order valence-corrected chi connectivity index (χ3v) is 3.63. The average Bonchev–Trinajstić information content (AvgIpc) is 2.38. The fourth-order valence-corrected chi connectivity index (χ4v) is 3.03. The minimum atomic E-state index is -0.326. The van der Waals surface area contributed by atoms with Gasteiger partial charge in [0.05, 0.1) is 16.4 Å². The van der Waals surface area contributed by atoms with Crippen molar-refractivity contribution in [3.05, 3.63) is 0 Å². The highest BCUT2D eigenvalue weighted by atomic mass is 127. The highest BCUT2D eigenvalue weighted by molar-refractivity contribution is 14.1. The third kappa shape index (κ3) is 1.16. The maximum absolute atomic E-state index is 10.8. The van der Waals surface area contributed by atoms with Gasteiger partial charge < -0.3 is 9.84 Å². The molecule has 4 heteroatoms. The van der Waals surface area contributed by atoms with Crippen LogP contribution in [0.5, 0.6) is 0 Å². The molecule has 0 amide bonds. The average molecular weight is 268 g/mol. The highest BCUT2D eigenvalue weighted by Crippen LogP contribution is 2.40. The van der Waals surface area contributed by atoms with Gasteiger partial charge in [-0.25, -0.2) is 0 Å². The van der Waals surface area contributed by atoms with E-state index in [0.717, 1.165) is 6.42 Å². The first-order valence-corrected chi connectivity index (χ1v) is 4.94. The molecule has 2 fully saturated rings. The van der Waals surface area contributed by atoms with E-state index in [9.17, 15) is 9.90 Å². The van der Waals surface area contributed by atoms with Crippen LogP contribution in [0.15, 0.2) is 0 Å². The number of alkyl halides is 1. The zero-order valence-corrected chi connectivity index (χ0v) is 8.02.